The molecule has 0 fully saturated rings. The molecule has 20 heavy (non-hydrogen) atoms. The molecule has 8 heteroatoms. The molecule has 3 rings (SSSR count). The van der Waals surface area contributed by atoms with Crippen molar-refractivity contribution in [1.29, 1.82) is 0 Å². The number of anilines is 1. The van der Waals surface area contributed by atoms with Gasteiger partial charge in [0.05, 0.1) is 10.6 Å². The maximum absolute atomic E-state index is 5.68. The van der Waals surface area contributed by atoms with E-state index in [1.807, 2.05) is 24.4 Å². The highest BCUT2D eigenvalue weighted by molar-refractivity contribution is 7.98. The SMILES string of the molecule is Cc1cc(N)nc(SCc2nnc(-c3cccs3)o2)n1. The van der Waals surface area contributed by atoms with E-state index in [1.54, 1.807) is 17.4 Å². The number of nitrogens with two attached hydrogens (primary N) is 1. The number of thiophene rings is 1. The van der Waals surface area contributed by atoms with Crippen LogP contribution in [0.4, 0.5) is 5.82 Å². The molecule has 2 N–H and O–H groups in total. The summed E-state index contributed by atoms with van der Waals surface area (Å²) in [6.45, 7) is 1.88. The van der Waals surface area contributed by atoms with Gasteiger partial charge in [0.15, 0.2) is 5.16 Å². The molecule has 3 aromatic rings. The Bertz CT molecular complexity index is 690. The summed E-state index contributed by atoms with van der Waals surface area (Å²) in [6.07, 6.45) is 0. The Morgan fingerprint density at radius 2 is 2.25 bits per heavy atom. The van der Waals surface area contributed by atoms with E-state index in [0.29, 0.717) is 28.5 Å². The van der Waals surface area contributed by atoms with Gasteiger partial charge in [-0.2, -0.15) is 0 Å². The summed E-state index contributed by atoms with van der Waals surface area (Å²) in [5.41, 5.74) is 6.52. The predicted octanol–water partition coefficient (Wildman–Crippen LogP) is 2.77. The molecule has 0 radical (unpaired) electrons. The molecule has 6 nitrogen and oxygen atoms in total. The van der Waals surface area contributed by atoms with Crippen LogP contribution in [0.15, 0.2) is 33.2 Å². The Morgan fingerprint density at radius 1 is 1.35 bits per heavy atom. The number of rotatable bonds is 4. The lowest BCUT2D eigenvalue weighted by molar-refractivity contribution is 0.529. The standard InChI is InChI=1S/C12H11N5OS2/c1-7-5-9(13)15-12(14-7)20-6-10-16-17-11(18-10)8-3-2-4-19-8/h2-5H,6H2,1H3,(H2,13,14,15). The molecule has 0 saturated carbocycles. The number of aromatic nitrogens is 4. The van der Waals surface area contributed by atoms with Gasteiger partial charge in [-0.05, 0) is 18.4 Å². The van der Waals surface area contributed by atoms with Crippen LogP contribution in [-0.4, -0.2) is 20.2 Å². The molecule has 0 bridgehead atoms. The fourth-order valence-corrected chi connectivity index (χ4v) is 2.96. The number of nitrogens with zero attached hydrogens (tertiary/aromatic N) is 4. The molecule has 0 aliphatic carbocycles. The van der Waals surface area contributed by atoms with Crippen molar-refractivity contribution in [3.63, 3.8) is 0 Å². The van der Waals surface area contributed by atoms with Gasteiger partial charge in [-0.3, -0.25) is 0 Å². The number of aryl methyl sites for hydroxylation is 1. The molecular weight excluding hydrogens is 294 g/mol. The first-order valence-electron chi connectivity index (χ1n) is 5.81. The molecule has 0 unspecified atom stereocenters. The first-order chi connectivity index (χ1) is 9.70. The van der Waals surface area contributed by atoms with Crippen LogP contribution in [0.1, 0.15) is 11.6 Å². The van der Waals surface area contributed by atoms with E-state index in [0.717, 1.165) is 10.6 Å². The number of thioether (sulfide) groups is 1. The molecule has 3 aromatic heterocycles. The van der Waals surface area contributed by atoms with Gasteiger partial charge < -0.3 is 10.2 Å². The molecule has 0 aromatic carbocycles. The molecule has 0 amide bonds. The maximum Gasteiger partial charge on any atom is 0.257 e. The minimum absolute atomic E-state index is 0.463. The highest BCUT2D eigenvalue weighted by Crippen LogP contribution is 2.25. The van der Waals surface area contributed by atoms with Crippen molar-refractivity contribution in [2.45, 2.75) is 17.8 Å². The van der Waals surface area contributed by atoms with Crippen LogP contribution < -0.4 is 5.73 Å². The fraction of sp³-hybridized carbons (Fsp3) is 0.167. The van der Waals surface area contributed by atoms with Crippen LogP contribution >= 0.6 is 23.1 Å². The van der Waals surface area contributed by atoms with Gasteiger partial charge in [0.25, 0.3) is 5.89 Å². The Hall–Kier alpha value is -1.93. The van der Waals surface area contributed by atoms with Gasteiger partial charge in [-0.1, -0.05) is 17.8 Å². The van der Waals surface area contributed by atoms with Gasteiger partial charge in [0.1, 0.15) is 5.82 Å². The van der Waals surface area contributed by atoms with Gasteiger partial charge in [0, 0.05) is 11.8 Å². The largest absolute Gasteiger partial charge is 0.419 e. The summed E-state index contributed by atoms with van der Waals surface area (Å²) in [6, 6.07) is 5.62. The van der Waals surface area contributed by atoms with E-state index in [2.05, 4.69) is 20.2 Å². The Kier molecular flexibility index (Phi) is 3.66. The third-order valence-electron chi connectivity index (χ3n) is 2.38. The minimum Gasteiger partial charge on any atom is -0.419 e. The second kappa shape index (κ2) is 5.59. The molecule has 0 saturated heterocycles. The van der Waals surface area contributed by atoms with E-state index >= 15 is 0 Å². The lowest BCUT2D eigenvalue weighted by Gasteiger charge is -2.00. The van der Waals surface area contributed by atoms with Crippen molar-refractivity contribution >= 4 is 28.9 Å². The highest BCUT2D eigenvalue weighted by atomic mass is 32.2. The van der Waals surface area contributed by atoms with Crippen molar-refractivity contribution in [1.82, 2.24) is 20.2 Å². The molecule has 102 valence electrons. The van der Waals surface area contributed by atoms with Gasteiger partial charge in [-0.25, -0.2) is 9.97 Å². The minimum atomic E-state index is 0.463. The van der Waals surface area contributed by atoms with Crippen LogP contribution in [0, 0.1) is 6.92 Å². The van der Waals surface area contributed by atoms with Gasteiger partial charge >= 0.3 is 0 Å². The second-order valence-corrected chi connectivity index (χ2v) is 5.87. The van der Waals surface area contributed by atoms with E-state index in [-0.39, 0.29) is 0 Å². The average Bonchev–Trinajstić information content (AvgIpc) is 3.06. The summed E-state index contributed by atoms with van der Waals surface area (Å²) in [5.74, 6) is 2.06. The van der Waals surface area contributed by atoms with E-state index in [1.165, 1.54) is 11.8 Å². The zero-order valence-corrected chi connectivity index (χ0v) is 12.2. The third kappa shape index (κ3) is 2.97. The van der Waals surface area contributed by atoms with Crippen molar-refractivity contribution in [3.8, 4) is 10.8 Å². The van der Waals surface area contributed by atoms with E-state index < -0.39 is 0 Å². The molecule has 0 spiro atoms. The normalized spacial score (nSPS) is 10.8. The number of hydrogen-bond acceptors (Lipinski definition) is 8. The number of hydrogen-bond donors (Lipinski definition) is 1. The molecule has 3 heterocycles. The van der Waals surface area contributed by atoms with Gasteiger partial charge in [0.2, 0.25) is 5.89 Å². The lowest BCUT2D eigenvalue weighted by Crippen LogP contribution is -1.96. The Balaban J connectivity index is 1.69. The van der Waals surface area contributed by atoms with Gasteiger partial charge in [-0.15, -0.1) is 21.5 Å². The lowest BCUT2D eigenvalue weighted by atomic mass is 10.4. The van der Waals surface area contributed by atoms with Crippen LogP contribution in [-0.2, 0) is 5.75 Å². The molecule has 0 aliphatic rings. The first-order valence-corrected chi connectivity index (χ1v) is 7.67. The summed E-state index contributed by atoms with van der Waals surface area (Å²) in [7, 11) is 0. The topological polar surface area (TPSA) is 90.7 Å². The van der Waals surface area contributed by atoms with Crippen molar-refractivity contribution in [2.75, 3.05) is 5.73 Å². The predicted molar refractivity (Wildman–Crippen MR) is 78.4 cm³/mol. The van der Waals surface area contributed by atoms with E-state index in [4.69, 9.17) is 10.2 Å². The first kappa shape index (κ1) is 13.1. The van der Waals surface area contributed by atoms with Crippen LogP contribution in [0.25, 0.3) is 10.8 Å². The zero-order valence-electron chi connectivity index (χ0n) is 10.6. The van der Waals surface area contributed by atoms with Crippen molar-refractivity contribution in [3.05, 3.63) is 35.2 Å². The highest BCUT2D eigenvalue weighted by Gasteiger charge is 2.10. The van der Waals surface area contributed by atoms with Crippen molar-refractivity contribution in [2.24, 2.45) is 0 Å². The maximum atomic E-state index is 5.68. The van der Waals surface area contributed by atoms with Crippen molar-refractivity contribution < 1.29 is 4.42 Å². The molecular formula is C12H11N5OS2. The number of nitrogen functional groups attached to an aromatic ring is 1. The smallest absolute Gasteiger partial charge is 0.257 e. The molecule has 0 aliphatic heterocycles. The van der Waals surface area contributed by atoms with Crippen LogP contribution in [0.3, 0.4) is 0 Å². The summed E-state index contributed by atoms with van der Waals surface area (Å²) >= 11 is 2.98. The average molecular weight is 305 g/mol. The van der Waals surface area contributed by atoms with E-state index in [9.17, 15) is 0 Å². The zero-order chi connectivity index (χ0) is 13.9. The summed E-state index contributed by atoms with van der Waals surface area (Å²) < 4.78 is 5.59. The molecule has 0 atom stereocenters. The summed E-state index contributed by atoms with van der Waals surface area (Å²) in [5, 5.41) is 10.6. The third-order valence-corrected chi connectivity index (χ3v) is 4.07. The monoisotopic (exact) mass is 305 g/mol. The van der Waals surface area contributed by atoms with Crippen LogP contribution in [0.2, 0.25) is 0 Å². The quantitative estimate of drug-likeness (QED) is 0.585. The Labute approximate surface area is 123 Å². The fourth-order valence-electron chi connectivity index (χ4n) is 1.57. The second-order valence-electron chi connectivity index (χ2n) is 3.98. The summed E-state index contributed by atoms with van der Waals surface area (Å²) in [4.78, 5) is 9.40. The Morgan fingerprint density at radius 3 is 3.00 bits per heavy atom. The van der Waals surface area contributed by atoms with Crippen LogP contribution in [0.5, 0.6) is 0 Å².